The fourth-order valence-electron chi connectivity index (χ4n) is 2.60. The second-order valence-corrected chi connectivity index (χ2v) is 5.43. The number of nitrogens with zero attached hydrogens (tertiary/aromatic N) is 2. The van der Waals surface area contributed by atoms with Crippen LogP contribution in [0.15, 0.2) is 21.9 Å². The summed E-state index contributed by atoms with van der Waals surface area (Å²) >= 11 is 0. The van der Waals surface area contributed by atoms with Gasteiger partial charge in [-0.15, -0.1) is 0 Å². The number of hydrogen-bond donors (Lipinski definition) is 3. The molecule has 0 unspecified atom stereocenters. The zero-order chi connectivity index (χ0) is 15.7. The van der Waals surface area contributed by atoms with E-state index in [4.69, 9.17) is 0 Å². The molecule has 22 heavy (non-hydrogen) atoms. The van der Waals surface area contributed by atoms with Crippen molar-refractivity contribution < 1.29 is 4.79 Å². The summed E-state index contributed by atoms with van der Waals surface area (Å²) in [6.07, 6.45) is 3.32. The summed E-state index contributed by atoms with van der Waals surface area (Å²) in [6, 6.07) is 1.54. The predicted molar refractivity (Wildman–Crippen MR) is 81.0 cm³/mol. The Morgan fingerprint density at radius 2 is 2.27 bits per heavy atom. The zero-order valence-corrected chi connectivity index (χ0v) is 12.2. The summed E-state index contributed by atoms with van der Waals surface area (Å²) in [6.45, 7) is 1.70. The molecule has 2 aromatic rings. The number of carbonyl (C=O) groups excluding carboxylic acids is 1. The van der Waals surface area contributed by atoms with Gasteiger partial charge in [0.05, 0.1) is 10.9 Å². The second kappa shape index (κ2) is 5.72. The standard InChI is InChI=1S/C14H17N5O3/c1-19-11-10(13(21)18-14(19)22)5-8(6-16-11)12(20)17-9-3-2-4-15-7-9/h5-6,9,15H,2-4,7H2,1H3,(H,17,20)(H,18,21,22)/t9-/m0/s1. The SMILES string of the molecule is Cn1c(=O)[nH]c(=O)c2cc(C(=O)N[C@H]3CCCNC3)cnc21. The van der Waals surface area contributed by atoms with Gasteiger partial charge in [-0.25, -0.2) is 9.78 Å². The first-order chi connectivity index (χ1) is 10.6. The van der Waals surface area contributed by atoms with Crippen LogP contribution >= 0.6 is 0 Å². The van der Waals surface area contributed by atoms with Crippen molar-refractivity contribution in [1.82, 2.24) is 25.2 Å². The van der Waals surface area contributed by atoms with Crippen LogP contribution in [0, 0.1) is 0 Å². The van der Waals surface area contributed by atoms with Crippen LogP contribution in [0.2, 0.25) is 0 Å². The Kier molecular flexibility index (Phi) is 3.76. The van der Waals surface area contributed by atoms with Crippen molar-refractivity contribution in [3.05, 3.63) is 38.7 Å². The van der Waals surface area contributed by atoms with Crippen LogP contribution < -0.4 is 21.9 Å². The molecule has 3 heterocycles. The second-order valence-electron chi connectivity index (χ2n) is 5.43. The van der Waals surface area contributed by atoms with Gasteiger partial charge in [-0.2, -0.15) is 0 Å². The van der Waals surface area contributed by atoms with Gasteiger partial charge in [0.1, 0.15) is 5.65 Å². The van der Waals surface area contributed by atoms with Gasteiger partial charge in [0, 0.05) is 25.8 Å². The quantitative estimate of drug-likeness (QED) is 0.666. The number of amides is 1. The lowest BCUT2D eigenvalue weighted by Crippen LogP contribution is -2.45. The van der Waals surface area contributed by atoms with Crippen molar-refractivity contribution in [2.45, 2.75) is 18.9 Å². The summed E-state index contributed by atoms with van der Waals surface area (Å²) in [5, 5.41) is 6.36. The van der Waals surface area contributed by atoms with Crippen molar-refractivity contribution in [1.29, 1.82) is 0 Å². The maximum absolute atomic E-state index is 12.3. The number of fused-ring (bicyclic) bond motifs is 1. The highest BCUT2D eigenvalue weighted by atomic mass is 16.2. The Balaban J connectivity index is 1.93. The van der Waals surface area contributed by atoms with Gasteiger partial charge in [-0.3, -0.25) is 19.1 Å². The van der Waals surface area contributed by atoms with Gasteiger partial charge in [0.2, 0.25) is 0 Å². The molecule has 8 nitrogen and oxygen atoms in total. The van der Waals surface area contributed by atoms with Crippen LogP contribution in [0.1, 0.15) is 23.2 Å². The molecule has 0 aromatic carbocycles. The van der Waals surface area contributed by atoms with Gasteiger partial charge in [-0.05, 0) is 25.5 Å². The molecule has 3 N–H and O–H groups in total. The summed E-state index contributed by atoms with van der Waals surface area (Å²) in [7, 11) is 1.51. The fourth-order valence-corrected chi connectivity index (χ4v) is 2.60. The molecule has 1 aliphatic rings. The minimum Gasteiger partial charge on any atom is -0.348 e. The molecule has 0 saturated carbocycles. The van der Waals surface area contributed by atoms with Gasteiger partial charge in [0.15, 0.2) is 0 Å². The largest absolute Gasteiger partial charge is 0.348 e. The highest BCUT2D eigenvalue weighted by molar-refractivity contribution is 5.96. The summed E-state index contributed by atoms with van der Waals surface area (Å²) < 4.78 is 1.24. The minimum atomic E-state index is -0.542. The average Bonchev–Trinajstić information content (AvgIpc) is 2.53. The topological polar surface area (TPSA) is 109 Å². The molecular weight excluding hydrogens is 286 g/mol. The molecule has 1 amide bonds. The molecule has 1 fully saturated rings. The predicted octanol–water partition coefficient (Wildman–Crippen LogP) is -0.896. The molecule has 1 atom stereocenters. The third-order valence-corrected chi connectivity index (χ3v) is 3.85. The zero-order valence-electron chi connectivity index (χ0n) is 12.2. The molecule has 1 aliphatic heterocycles. The van der Waals surface area contributed by atoms with Crippen molar-refractivity contribution >= 4 is 16.9 Å². The number of H-pyrrole nitrogens is 1. The number of piperidine rings is 1. The molecule has 0 aliphatic carbocycles. The van der Waals surface area contributed by atoms with Crippen LogP contribution in [-0.2, 0) is 7.05 Å². The van der Waals surface area contributed by atoms with E-state index < -0.39 is 11.2 Å². The van der Waals surface area contributed by atoms with E-state index in [9.17, 15) is 14.4 Å². The van der Waals surface area contributed by atoms with E-state index in [0.717, 1.165) is 25.9 Å². The van der Waals surface area contributed by atoms with Crippen molar-refractivity contribution in [2.75, 3.05) is 13.1 Å². The molecule has 0 bridgehead atoms. The molecule has 3 rings (SSSR count). The van der Waals surface area contributed by atoms with E-state index in [1.54, 1.807) is 0 Å². The molecule has 0 radical (unpaired) electrons. The monoisotopic (exact) mass is 303 g/mol. The van der Waals surface area contributed by atoms with Crippen LogP contribution in [-0.4, -0.2) is 39.6 Å². The first kappa shape index (κ1) is 14.5. The Bertz CT molecular complexity index is 832. The normalized spacial score (nSPS) is 18.3. The summed E-state index contributed by atoms with van der Waals surface area (Å²) in [5.41, 5.74) is -0.512. The molecular formula is C14H17N5O3. The molecule has 2 aromatic heterocycles. The van der Waals surface area contributed by atoms with E-state index in [0.29, 0.717) is 5.56 Å². The van der Waals surface area contributed by atoms with Crippen molar-refractivity contribution in [3.63, 3.8) is 0 Å². The number of hydrogen-bond acceptors (Lipinski definition) is 5. The lowest BCUT2D eigenvalue weighted by atomic mass is 10.1. The van der Waals surface area contributed by atoms with E-state index in [-0.39, 0.29) is 23.0 Å². The Morgan fingerprint density at radius 1 is 1.45 bits per heavy atom. The highest BCUT2D eigenvalue weighted by Crippen LogP contribution is 2.08. The van der Waals surface area contributed by atoms with Gasteiger partial charge >= 0.3 is 5.69 Å². The third kappa shape index (κ3) is 2.64. The number of aryl methyl sites for hydroxylation is 1. The van der Waals surface area contributed by atoms with Crippen molar-refractivity contribution in [2.24, 2.45) is 7.05 Å². The average molecular weight is 303 g/mol. The van der Waals surface area contributed by atoms with Crippen LogP contribution in [0.3, 0.4) is 0 Å². The number of aromatic nitrogens is 3. The number of carbonyl (C=O) groups is 1. The molecule has 0 spiro atoms. The van der Waals surface area contributed by atoms with Gasteiger partial charge in [-0.1, -0.05) is 0 Å². The summed E-state index contributed by atoms with van der Waals surface area (Å²) in [5.74, 6) is -0.267. The van der Waals surface area contributed by atoms with Crippen molar-refractivity contribution in [3.8, 4) is 0 Å². The third-order valence-electron chi connectivity index (χ3n) is 3.85. The van der Waals surface area contributed by atoms with Crippen LogP contribution in [0.25, 0.3) is 11.0 Å². The number of aromatic amines is 1. The summed E-state index contributed by atoms with van der Waals surface area (Å²) in [4.78, 5) is 41.9. The first-order valence-electron chi connectivity index (χ1n) is 7.17. The minimum absolute atomic E-state index is 0.0790. The smallest absolute Gasteiger partial charge is 0.329 e. The van der Waals surface area contributed by atoms with E-state index >= 15 is 0 Å². The van der Waals surface area contributed by atoms with Gasteiger partial charge in [0.25, 0.3) is 11.5 Å². The Labute approximate surface area is 125 Å². The fraction of sp³-hybridized carbons (Fsp3) is 0.429. The number of pyridine rings is 1. The van der Waals surface area contributed by atoms with Crippen LogP contribution in [0.5, 0.6) is 0 Å². The Morgan fingerprint density at radius 3 is 3.00 bits per heavy atom. The molecule has 8 heteroatoms. The van der Waals surface area contributed by atoms with Crippen LogP contribution in [0.4, 0.5) is 0 Å². The first-order valence-corrected chi connectivity index (χ1v) is 7.17. The number of rotatable bonds is 2. The maximum Gasteiger partial charge on any atom is 0.329 e. The van der Waals surface area contributed by atoms with E-state index in [1.807, 2.05) is 0 Å². The van der Waals surface area contributed by atoms with E-state index in [2.05, 4.69) is 20.6 Å². The van der Waals surface area contributed by atoms with E-state index in [1.165, 1.54) is 23.9 Å². The van der Waals surface area contributed by atoms with Gasteiger partial charge < -0.3 is 10.6 Å². The number of nitrogens with one attached hydrogen (secondary N) is 3. The lowest BCUT2D eigenvalue weighted by molar-refractivity contribution is 0.0930. The molecule has 116 valence electrons. The molecule has 1 saturated heterocycles. The lowest BCUT2D eigenvalue weighted by Gasteiger charge is -2.23. The highest BCUT2D eigenvalue weighted by Gasteiger charge is 2.17. The Hall–Kier alpha value is -2.48. The maximum atomic E-state index is 12.3.